The molecule has 2 rings (SSSR count). The predicted octanol–water partition coefficient (Wildman–Crippen LogP) is 4.60. The lowest BCUT2D eigenvalue weighted by Crippen LogP contribution is -2.01. The first kappa shape index (κ1) is 13.9. The van der Waals surface area contributed by atoms with E-state index in [4.69, 9.17) is 4.74 Å². The smallest absolute Gasteiger partial charge is 0.222 e. The van der Waals surface area contributed by atoms with Gasteiger partial charge in [0.15, 0.2) is 11.6 Å². The normalized spacial score (nSPS) is 10.8. The van der Waals surface area contributed by atoms with E-state index in [2.05, 4.69) is 25.9 Å². The van der Waals surface area contributed by atoms with Crippen molar-refractivity contribution in [1.29, 1.82) is 0 Å². The summed E-state index contributed by atoms with van der Waals surface area (Å²) in [6.07, 6.45) is 0. The zero-order chi connectivity index (χ0) is 14.0. The molecule has 0 N–H and O–H groups in total. The van der Waals surface area contributed by atoms with E-state index in [1.54, 1.807) is 18.2 Å². The maximum Gasteiger partial charge on any atom is 0.222 e. The lowest BCUT2D eigenvalue weighted by Gasteiger charge is -2.10. The molecule has 0 atom stereocenters. The van der Waals surface area contributed by atoms with Crippen LogP contribution in [0.15, 0.2) is 28.7 Å². The molecule has 0 aliphatic carbocycles. The summed E-state index contributed by atoms with van der Waals surface area (Å²) < 4.78 is 19.9. The maximum atomic E-state index is 13.6. The highest BCUT2D eigenvalue weighted by Gasteiger charge is 2.10. The fourth-order valence-corrected chi connectivity index (χ4v) is 1.88. The van der Waals surface area contributed by atoms with Gasteiger partial charge in [-0.1, -0.05) is 29.8 Å². The van der Waals surface area contributed by atoms with E-state index >= 15 is 0 Å². The first-order valence-corrected chi connectivity index (χ1v) is 6.73. The molecule has 0 saturated heterocycles. The molecule has 3 nitrogen and oxygen atoms in total. The topological polar surface area (TPSA) is 35.0 Å². The monoisotopic (exact) mass is 324 g/mol. The van der Waals surface area contributed by atoms with E-state index in [1.807, 2.05) is 20.8 Å². The van der Waals surface area contributed by atoms with Crippen molar-refractivity contribution >= 4 is 15.9 Å². The number of hydrogen-bond donors (Lipinski definition) is 0. The highest BCUT2D eigenvalue weighted by molar-refractivity contribution is 9.10. The molecule has 0 radical (unpaired) electrons. The van der Waals surface area contributed by atoms with E-state index in [0.717, 1.165) is 10.2 Å². The minimum atomic E-state index is -0.425. The second kappa shape index (κ2) is 5.65. The summed E-state index contributed by atoms with van der Waals surface area (Å²) in [5.74, 6) is 0.945. The molecule has 0 aliphatic heterocycles. The number of rotatable bonds is 3. The fraction of sp³-hybridized carbons (Fsp3) is 0.286. The van der Waals surface area contributed by atoms with E-state index < -0.39 is 5.82 Å². The molecule has 0 aliphatic rings. The van der Waals surface area contributed by atoms with Crippen molar-refractivity contribution in [2.24, 2.45) is 0 Å². The van der Waals surface area contributed by atoms with E-state index in [0.29, 0.717) is 11.7 Å². The summed E-state index contributed by atoms with van der Waals surface area (Å²) in [5.41, 5.74) is 0.795. The van der Waals surface area contributed by atoms with Crippen molar-refractivity contribution in [1.82, 2.24) is 9.97 Å². The van der Waals surface area contributed by atoms with Gasteiger partial charge in [-0.25, -0.2) is 9.37 Å². The van der Waals surface area contributed by atoms with Crippen molar-refractivity contribution in [3.63, 3.8) is 0 Å². The molecule has 2 aromatic rings. The lowest BCUT2D eigenvalue weighted by molar-refractivity contribution is 0.422. The quantitative estimate of drug-likeness (QED) is 0.827. The van der Waals surface area contributed by atoms with Crippen molar-refractivity contribution < 1.29 is 9.13 Å². The SMILES string of the molecule is Cc1cc(Oc2cc(Br)ccc2F)nc(C(C)C)n1. The Morgan fingerprint density at radius 3 is 2.63 bits per heavy atom. The van der Waals surface area contributed by atoms with Gasteiger partial charge >= 0.3 is 0 Å². The molecule has 0 bridgehead atoms. The Bertz CT molecular complexity index is 602. The fourth-order valence-electron chi connectivity index (χ4n) is 1.54. The summed E-state index contributed by atoms with van der Waals surface area (Å²) in [5, 5.41) is 0. The van der Waals surface area contributed by atoms with Crippen LogP contribution in [0, 0.1) is 12.7 Å². The molecule has 1 aromatic carbocycles. The zero-order valence-corrected chi connectivity index (χ0v) is 12.5. The van der Waals surface area contributed by atoms with Gasteiger partial charge in [-0.05, 0) is 25.1 Å². The van der Waals surface area contributed by atoms with Crippen LogP contribution in [0.5, 0.6) is 11.6 Å². The average Bonchev–Trinajstić information content (AvgIpc) is 2.33. The van der Waals surface area contributed by atoms with Gasteiger partial charge in [0.25, 0.3) is 0 Å². The van der Waals surface area contributed by atoms with Gasteiger partial charge in [-0.3, -0.25) is 0 Å². The van der Waals surface area contributed by atoms with E-state index in [1.165, 1.54) is 6.07 Å². The molecular weight excluding hydrogens is 311 g/mol. The second-order valence-electron chi connectivity index (χ2n) is 4.54. The van der Waals surface area contributed by atoms with Crippen molar-refractivity contribution in [2.75, 3.05) is 0 Å². The first-order valence-electron chi connectivity index (χ1n) is 5.94. The van der Waals surface area contributed by atoms with Gasteiger partial charge in [0.2, 0.25) is 5.88 Å². The summed E-state index contributed by atoms with van der Waals surface area (Å²) in [7, 11) is 0. The highest BCUT2D eigenvalue weighted by Crippen LogP contribution is 2.27. The Kier molecular flexibility index (Phi) is 4.14. The van der Waals surface area contributed by atoms with Crippen LogP contribution in [0.1, 0.15) is 31.3 Å². The number of halogens is 2. The molecule has 5 heteroatoms. The predicted molar refractivity (Wildman–Crippen MR) is 75.0 cm³/mol. The molecule has 1 aromatic heterocycles. The number of aromatic nitrogens is 2. The first-order chi connectivity index (χ1) is 8.95. The summed E-state index contributed by atoms with van der Waals surface area (Å²) >= 11 is 3.28. The minimum Gasteiger partial charge on any atom is -0.436 e. The van der Waals surface area contributed by atoms with Crippen LogP contribution in [-0.2, 0) is 0 Å². The van der Waals surface area contributed by atoms with Gasteiger partial charge in [-0.2, -0.15) is 4.98 Å². The van der Waals surface area contributed by atoms with Crippen LogP contribution in [0.2, 0.25) is 0 Å². The third-order valence-corrected chi connectivity index (χ3v) is 2.97. The van der Waals surface area contributed by atoms with E-state index in [9.17, 15) is 4.39 Å². The number of ether oxygens (including phenoxy) is 1. The highest BCUT2D eigenvalue weighted by atomic mass is 79.9. The Balaban J connectivity index is 2.35. The van der Waals surface area contributed by atoms with Crippen LogP contribution in [0.4, 0.5) is 4.39 Å². The molecule has 0 saturated carbocycles. The molecule has 100 valence electrons. The van der Waals surface area contributed by atoms with Gasteiger partial charge in [-0.15, -0.1) is 0 Å². The lowest BCUT2D eigenvalue weighted by atomic mass is 10.2. The average molecular weight is 325 g/mol. The molecule has 0 amide bonds. The van der Waals surface area contributed by atoms with Crippen molar-refractivity contribution in [3.05, 3.63) is 46.1 Å². The summed E-state index contributed by atoms with van der Waals surface area (Å²) in [6.45, 7) is 5.86. The van der Waals surface area contributed by atoms with Crippen LogP contribution < -0.4 is 4.74 Å². The van der Waals surface area contributed by atoms with Crippen LogP contribution in [0.25, 0.3) is 0 Å². The van der Waals surface area contributed by atoms with Gasteiger partial charge in [0.1, 0.15) is 5.82 Å². The van der Waals surface area contributed by atoms with Gasteiger partial charge < -0.3 is 4.74 Å². The minimum absolute atomic E-state index is 0.141. The Morgan fingerprint density at radius 2 is 1.95 bits per heavy atom. The molecular formula is C14H14BrFN2O. The van der Waals surface area contributed by atoms with Gasteiger partial charge in [0, 0.05) is 22.2 Å². The number of hydrogen-bond acceptors (Lipinski definition) is 3. The number of nitrogens with zero attached hydrogens (tertiary/aromatic N) is 2. The van der Waals surface area contributed by atoms with Gasteiger partial charge in [0.05, 0.1) is 0 Å². The second-order valence-corrected chi connectivity index (χ2v) is 5.45. The Hall–Kier alpha value is -1.49. The summed E-state index contributed by atoms with van der Waals surface area (Å²) in [4.78, 5) is 8.60. The molecule has 0 spiro atoms. The molecule has 0 unspecified atom stereocenters. The largest absolute Gasteiger partial charge is 0.436 e. The third-order valence-electron chi connectivity index (χ3n) is 2.47. The Labute approximate surface area is 120 Å². The number of benzene rings is 1. The summed E-state index contributed by atoms with van der Waals surface area (Å²) in [6, 6.07) is 6.22. The third kappa shape index (κ3) is 3.50. The molecule has 0 fully saturated rings. The van der Waals surface area contributed by atoms with Crippen LogP contribution in [0.3, 0.4) is 0 Å². The van der Waals surface area contributed by atoms with E-state index in [-0.39, 0.29) is 11.7 Å². The van der Waals surface area contributed by atoms with Crippen molar-refractivity contribution in [2.45, 2.75) is 26.7 Å². The number of aryl methyl sites for hydroxylation is 1. The van der Waals surface area contributed by atoms with Crippen LogP contribution >= 0.6 is 15.9 Å². The van der Waals surface area contributed by atoms with Crippen LogP contribution in [-0.4, -0.2) is 9.97 Å². The standard InChI is InChI=1S/C14H14BrFN2O/c1-8(2)14-17-9(3)6-13(18-14)19-12-7-10(15)4-5-11(12)16/h4-8H,1-3H3. The molecule has 19 heavy (non-hydrogen) atoms. The Morgan fingerprint density at radius 1 is 1.21 bits per heavy atom. The zero-order valence-electron chi connectivity index (χ0n) is 10.9. The molecule has 1 heterocycles. The maximum absolute atomic E-state index is 13.6. The van der Waals surface area contributed by atoms with Crippen molar-refractivity contribution in [3.8, 4) is 11.6 Å².